The Morgan fingerprint density at radius 1 is 1.14 bits per heavy atom. The van der Waals surface area contributed by atoms with Gasteiger partial charge < -0.3 is 4.90 Å². The Labute approximate surface area is 166 Å². The molecule has 1 unspecified atom stereocenters. The maximum Gasteiger partial charge on any atom is 0.227 e. The van der Waals surface area contributed by atoms with Gasteiger partial charge in [0.05, 0.1) is 18.2 Å². The van der Waals surface area contributed by atoms with E-state index in [4.69, 9.17) is 5.10 Å². The Kier molecular flexibility index (Phi) is 4.99. The third kappa shape index (κ3) is 3.57. The molecule has 28 heavy (non-hydrogen) atoms. The van der Waals surface area contributed by atoms with Crippen molar-refractivity contribution in [3.05, 3.63) is 71.3 Å². The predicted molar refractivity (Wildman–Crippen MR) is 110 cm³/mol. The van der Waals surface area contributed by atoms with E-state index in [1.54, 1.807) is 0 Å². The lowest BCUT2D eigenvalue weighted by atomic mass is 9.98. The lowest BCUT2D eigenvalue weighted by Crippen LogP contribution is -2.32. The second-order valence-corrected chi connectivity index (χ2v) is 7.70. The highest BCUT2D eigenvalue weighted by Gasteiger charge is 2.33. The van der Waals surface area contributed by atoms with Gasteiger partial charge in [-0.15, -0.1) is 0 Å². The van der Waals surface area contributed by atoms with E-state index in [1.807, 2.05) is 47.2 Å². The standard InChI is InChI=1S/C23H26N4O/c1-16-6-8-18(9-7-16)13-22(28)27-12-4-5-21(27)23-20(15-26(3)25-23)19-10-11-24-14-17(19)2/h6-11,14-15,21H,4-5,12-13H2,1-3H3. The number of aryl methyl sites for hydroxylation is 3. The van der Waals surface area contributed by atoms with Crippen LogP contribution in [0.25, 0.3) is 11.1 Å². The van der Waals surface area contributed by atoms with E-state index in [9.17, 15) is 4.79 Å². The number of carbonyl (C=O) groups is 1. The van der Waals surface area contributed by atoms with Crippen molar-refractivity contribution in [3.8, 4) is 11.1 Å². The molecule has 144 valence electrons. The number of aromatic nitrogens is 3. The van der Waals surface area contributed by atoms with Crippen LogP contribution in [0.1, 0.15) is 41.3 Å². The molecule has 2 aromatic heterocycles. The van der Waals surface area contributed by atoms with Gasteiger partial charge in [0.2, 0.25) is 5.91 Å². The van der Waals surface area contributed by atoms with Crippen molar-refractivity contribution >= 4 is 5.91 Å². The average Bonchev–Trinajstić information content (AvgIpc) is 3.30. The SMILES string of the molecule is Cc1ccc(CC(=O)N2CCCC2c2nn(C)cc2-c2ccncc2C)cc1. The van der Waals surface area contributed by atoms with Gasteiger partial charge in [0.25, 0.3) is 0 Å². The Bertz CT molecular complexity index is 990. The smallest absolute Gasteiger partial charge is 0.227 e. The van der Waals surface area contributed by atoms with Crippen LogP contribution < -0.4 is 0 Å². The number of hydrogen-bond acceptors (Lipinski definition) is 3. The maximum atomic E-state index is 13.1. The van der Waals surface area contributed by atoms with E-state index in [0.29, 0.717) is 6.42 Å². The summed E-state index contributed by atoms with van der Waals surface area (Å²) in [6.45, 7) is 4.92. The molecule has 1 aliphatic rings. The van der Waals surface area contributed by atoms with Crippen LogP contribution in [0.5, 0.6) is 0 Å². The molecule has 0 spiro atoms. The molecule has 3 heterocycles. The minimum atomic E-state index is 0.0294. The van der Waals surface area contributed by atoms with Gasteiger partial charge in [0.1, 0.15) is 0 Å². The lowest BCUT2D eigenvalue weighted by Gasteiger charge is -2.24. The summed E-state index contributed by atoms with van der Waals surface area (Å²) in [6, 6.07) is 10.3. The van der Waals surface area contributed by atoms with Crippen molar-refractivity contribution < 1.29 is 4.79 Å². The summed E-state index contributed by atoms with van der Waals surface area (Å²) in [7, 11) is 1.94. The van der Waals surface area contributed by atoms with Crippen LogP contribution >= 0.6 is 0 Å². The minimum absolute atomic E-state index is 0.0294. The summed E-state index contributed by atoms with van der Waals surface area (Å²) in [4.78, 5) is 19.3. The highest BCUT2D eigenvalue weighted by Crippen LogP contribution is 2.37. The maximum absolute atomic E-state index is 13.1. The van der Waals surface area contributed by atoms with Crippen LogP contribution in [-0.4, -0.2) is 32.1 Å². The van der Waals surface area contributed by atoms with Crippen LogP contribution in [0.2, 0.25) is 0 Å². The molecule has 0 radical (unpaired) electrons. The number of likely N-dealkylation sites (tertiary alicyclic amines) is 1. The minimum Gasteiger partial charge on any atom is -0.334 e. The predicted octanol–water partition coefficient (Wildman–Crippen LogP) is 4.01. The fourth-order valence-electron chi connectivity index (χ4n) is 4.07. The van der Waals surface area contributed by atoms with E-state index in [2.05, 4.69) is 37.2 Å². The first-order valence-corrected chi connectivity index (χ1v) is 9.82. The van der Waals surface area contributed by atoms with Gasteiger partial charge in [-0.25, -0.2) is 0 Å². The molecule has 0 aliphatic carbocycles. The van der Waals surface area contributed by atoms with Crippen molar-refractivity contribution in [2.24, 2.45) is 7.05 Å². The second kappa shape index (κ2) is 7.58. The molecule has 5 nitrogen and oxygen atoms in total. The fraction of sp³-hybridized carbons (Fsp3) is 0.348. The van der Waals surface area contributed by atoms with E-state index in [1.165, 1.54) is 5.56 Å². The monoisotopic (exact) mass is 374 g/mol. The van der Waals surface area contributed by atoms with Gasteiger partial charge in [0.15, 0.2) is 0 Å². The van der Waals surface area contributed by atoms with Gasteiger partial charge in [-0.05, 0) is 49.4 Å². The quantitative estimate of drug-likeness (QED) is 0.693. The number of rotatable bonds is 4. The first-order valence-electron chi connectivity index (χ1n) is 9.82. The first-order chi connectivity index (χ1) is 13.5. The van der Waals surface area contributed by atoms with E-state index < -0.39 is 0 Å². The Balaban J connectivity index is 1.63. The molecule has 0 bridgehead atoms. The van der Waals surface area contributed by atoms with E-state index in [-0.39, 0.29) is 11.9 Å². The zero-order valence-corrected chi connectivity index (χ0v) is 16.7. The molecule has 1 aliphatic heterocycles. The Morgan fingerprint density at radius 2 is 1.93 bits per heavy atom. The average molecular weight is 374 g/mol. The molecule has 0 saturated carbocycles. The van der Waals surface area contributed by atoms with Crippen LogP contribution in [0.3, 0.4) is 0 Å². The van der Waals surface area contributed by atoms with Crippen molar-refractivity contribution in [2.75, 3.05) is 6.54 Å². The third-order valence-corrected chi connectivity index (χ3v) is 5.53. The molecule has 3 aromatic rings. The number of hydrogen-bond donors (Lipinski definition) is 0. The Hall–Kier alpha value is -2.95. The molecule has 1 saturated heterocycles. The van der Waals surface area contributed by atoms with E-state index in [0.717, 1.165) is 47.3 Å². The first kappa shape index (κ1) is 18.4. The molecular formula is C23H26N4O. The van der Waals surface area contributed by atoms with Gasteiger partial charge >= 0.3 is 0 Å². The summed E-state index contributed by atoms with van der Waals surface area (Å²) in [6.07, 6.45) is 8.14. The Morgan fingerprint density at radius 3 is 2.68 bits per heavy atom. The summed E-state index contributed by atoms with van der Waals surface area (Å²) < 4.78 is 1.85. The van der Waals surface area contributed by atoms with Crippen molar-refractivity contribution in [3.63, 3.8) is 0 Å². The summed E-state index contributed by atoms with van der Waals surface area (Å²) in [5.41, 5.74) is 6.62. The summed E-state index contributed by atoms with van der Waals surface area (Å²) >= 11 is 0. The molecule has 5 heteroatoms. The summed E-state index contributed by atoms with van der Waals surface area (Å²) in [5.74, 6) is 0.175. The highest BCUT2D eigenvalue weighted by molar-refractivity contribution is 5.80. The van der Waals surface area contributed by atoms with E-state index >= 15 is 0 Å². The molecule has 1 fully saturated rings. The van der Waals surface area contributed by atoms with Gasteiger partial charge in [-0.2, -0.15) is 5.10 Å². The number of nitrogens with zero attached hydrogens (tertiary/aromatic N) is 4. The van der Waals surface area contributed by atoms with Crippen molar-refractivity contribution in [1.29, 1.82) is 0 Å². The summed E-state index contributed by atoms with van der Waals surface area (Å²) in [5, 5.41) is 4.76. The molecule has 1 amide bonds. The lowest BCUT2D eigenvalue weighted by molar-refractivity contribution is -0.131. The number of pyridine rings is 1. The van der Waals surface area contributed by atoms with Crippen LogP contribution in [0.15, 0.2) is 48.9 Å². The second-order valence-electron chi connectivity index (χ2n) is 7.70. The molecular weight excluding hydrogens is 348 g/mol. The molecule has 0 N–H and O–H groups in total. The number of amides is 1. The van der Waals surface area contributed by atoms with Crippen LogP contribution in [0, 0.1) is 13.8 Å². The van der Waals surface area contributed by atoms with Crippen molar-refractivity contribution in [2.45, 2.75) is 39.2 Å². The fourth-order valence-corrected chi connectivity index (χ4v) is 4.07. The van der Waals surface area contributed by atoms with Gasteiger partial charge in [0, 0.05) is 37.7 Å². The number of carbonyl (C=O) groups excluding carboxylic acids is 1. The topological polar surface area (TPSA) is 51.0 Å². The third-order valence-electron chi connectivity index (χ3n) is 5.53. The van der Waals surface area contributed by atoms with Crippen molar-refractivity contribution in [1.82, 2.24) is 19.7 Å². The van der Waals surface area contributed by atoms with Gasteiger partial charge in [-0.1, -0.05) is 29.8 Å². The molecule has 1 aromatic carbocycles. The molecule has 4 rings (SSSR count). The largest absolute Gasteiger partial charge is 0.334 e. The normalized spacial score (nSPS) is 16.5. The zero-order chi connectivity index (χ0) is 19.7. The number of benzene rings is 1. The van der Waals surface area contributed by atoms with Crippen LogP contribution in [-0.2, 0) is 18.3 Å². The molecule has 1 atom stereocenters. The highest BCUT2D eigenvalue weighted by atomic mass is 16.2. The zero-order valence-electron chi connectivity index (χ0n) is 16.7. The van der Waals surface area contributed by atoms with Gasteiger partial charge in [-0.3, -0.25) is 14.5 Å². The van der Waals surface area contributed by atoms with Crippen LogP contribution in [0.4, 0.5) is 0 Å².